The van der Waals surface area contributed by atoms with Gasteiger partial charge in [0.15, 0.2) is 0 Å². The molecular formula is C18H22. The molecule has 1 aliphatic rings. The van der Waals surface area contributed by atoms with Crippen LogP contribution < -0.4 is 0 Å². The molecule has 0 bridgehead atoms. The van der Waals surface area contributed by atoms with Crippen LogP contribution in [0, 0.1) is 35.0 Å². The molecule has 18 heavy (non-hydrogen) atoms. The Morgan fingerprint density at radius 1 is 1.50 bits per heavy atom. The Balaban J connectivity index is 2.90. The predicted octanol–water partition coefficient (Wildman–Crippen LogP) is 4.51. The van der Waals surface area contributed by atoms with Gasteiger partial charge in [-0.1, -0.05) is 63.7 Å². The Hall–Kier alpha value is -1.66. The average Bonchev–Trinajstić information content (AvgIpc) is 2.70. The molecule has 0 heterocycles. The van der Waals surface area contributed by atoms with Crippen LogP contribution in [0.25, 0.3) is 0 Å². The van der Waals surface area contributed by atoms with E-state index in [1.54, 1.807) is 0 Å². The number of allylic oxidation sites excluding steroid dienone is 5. The third kappa shape index (κ3) is 3.18. The van der Waals surface area contributed by atoms with Crippen LogP contribution in [-0.2, 0) is 0 Å². The van der Waals surface area contributed by atoms with E-state index >= 15 is 0 Å². The minimum Gasteiger partial charge on any atom is -0.106 e. The largest absolute Gasteiger partial charge is 0.106 e. The van der Waals surface area contributed by atoms with E-state index in [1.165, 1.54) is 0 Å². The van der Waals surface area contributed by atoms with Crippen molar-refractivity contribution in [1.82, 2.24) is 0 Å². The van der Waals surface area contributed by atoms with Gasteiger partial charge in [0.1, 0.15) is 0 Å². The first-order valence-corrected chi connectivity index (χ1v) is 6.56. The van der Waals surface area contributed by atoms with Crippen molar-refractivity contribution in [2.45, 2.75) is 40.5 Å². The molecule has 0 saturated heterocycles. The summed E-state index contributed by atoms with van der Waals surface area (Å²) < 4.78 is 0. The maximum absolute atomic E-state index is 3.99. The van der Waals surface area contributed by atoms with Gasteiger partial charge in [-0.3, -0.25) is 0 Å². The molecule has 0 aromatic heterocycles. The van der Waals surface area contributed by atoms with Crippen molar-refractivity contribution in [1.29, 1.82) is 0 Å². The summed E-state index contributed by atoms with van der Waals surface area (Å²) in [6.45, 7) is 12.4. The van der Waals surface area contributed by atoms with Gasteiger partial charge in [0.2, 0.25) is 0 Å². The number of hydrogen-bond donors (Lipinski definition) is 0. The zero-order chi connectivity index (χ0) is 13.6. The minimum atomic E-state index is -0.0531. The zero-order valence-electron chi connectivity index (χ0n) is 11.9. The number of hydrogen-bond acceptors (Lipinski definition) is 0. The molecule has 0 fully saturated rings. The summed E-state index contributed by atoms with van der Waals surface area (Å²) in [5, 5.41) is 0. The van der Waals surface area contributed by atoms with Crippen LogP contribution in [-0.4, -0.2) is 0 Å². The minimum absolute atomic E-state index is 0.0531. The third-order valence-corrected chi connectivity index (χ3v) is 3.47. The second-order valence-electron chi connectivity index (χ2n) is 4.94. The van der Waals surface area contributed by atoms with Gasteiger partial charge in [-0.2, -0.15) is 0 Å². The van der Waals surface area contributed by atoms with E-state index in [0.29, 0.717) is 0 Å². The first kappa shape index (κ1) is 14.4. The lowest BCUT2D eigenvalue weighted by atomic mass is 9.74. The van der Waals surface area contributed by atoms with Crippen molar-refractivity contribution in [3.63, 3.8) is 0 Å². The van der Waals surface area contributed by atoms with E-state index in [1.807, 2.05) is 6.92 Å². The highest BCUT2D eigenvalue weighted by Crippen LogP contribution is 2.40. The van der Waals surface area contributed by atoms with E-state index in [2.05, 4.69) is 69.3 Å². The standard InChI is InChI=1S/C18H22/c1-6-9-15(3)12-13-17-11-8-14-18(17,5)16(4)10-7-2/h8,11,14,16H,3,6,9H2,1-2,4-5H3/t16?,18-/m1/s1. The monoisotopic (exact) mass is 238 g/mol. The highest BCUT2D eigenvalue weighted by atomic mass is 14.3. The lowest BCUT2D eigenvalue weighted by Gasteiger charge is -2.27. The van der Waals surface area contributed by atoms with Crippen molar-refractivity contribution in [2.24, 2.45) is 11.3 Å². The van der Waals surface area contributed by atoms with Gasteiger partial charge in [-0.15, -0.1) is 5.92 Å². The predicted molar refractivity (Wildman–Crippen MR) is 79.8 cm³/mol. The van der Waals surface area contributed by atoms with Gasteiger partial charge >= 0.3 is 0 Å². The van der Waals surface area contributed by atoms with Gasteiger partial charge in [0.05, 0.1) is 0 Å². The number of rotatable bonds is 3. The first-order chi connectivity index (χ1) is 8.54. The van der Waals surface area contributed by atoms with Crippen molar-refractivity contribution in [2.75, 3.05) is 0 Å². The highest BCUT2D eigenvalue weighted by Gasteiger charge is 2.33. The van der Waals surface area contributed by atoms with Gasteiger partial charge in [0, 0.05) is 16.9 Å². The lowest BCUT2D eigenvalue weighted by Crippen LogP contribution is -2.22. The summed E-state index contributed by atoms with van der Waals surface area (Å²) in [4.78, 5) is 0. The molecule has 0 radical (unpaired) electrons. The first-order valence-electron chi connectivity index (χ1n) is 6.56. The molecule has 94 valence electrons. The van der Waals surface area contributed by atoms with E-state index < -0.39 is 0 Å². The van der Waals surface area contributed by atoms with Gasteiger partial charge in [0.25, 0.3) is 0 Å². The summed E-state index contributed by atoms with van der Waals surface area (Å²) >= 11 is 0. The van der Waals surface area contributed by atoms with E-state index in [0.717, 1.165) is 24.0 Å². The van der Waals surface area contributed by atoms with E-state index in [4.69, 9.17) is 0 Å². The maximum Gasteiger partial charge on any atom is 0.0321 e. The van der Waals surface area contributed by atoms with E-state index in [-0.39, 0.29) is 11.3 Å². The SMILES string of the molecule is C=C(C#CC1=CC=C[C@]1(C)C(C)C#CC)CCC. The molecule has 0 aromatic carbocycles. The Labute approximate surface area is 112 Å². The summed E-state index contributed by atoms with van der Waals surface area (Å²) in [7, 11) is 0. The molecule has 0 amide bonds. The highest BCUT2D eigenvalue weighted by molar-refractivity contribution is 5.49. The molecule has 0 nitrogen and oxygen atoms in total. The van der Waals surface area contributed by atoms with Gasteiger partial charge in [-0.25, -0.2) is 0 Å². The van der Waals surface area contributed by atoms with Crippen molar-refractivity contribution >= 4 is 0 Å². The van der Waals surface area contributed by atoms with Crippen LogP contribution in [0.1, 0.15) is 40.5 Å². The molecule has 0 heteroatoms. The molecular weight excluding hydrogens is 216 g/mol. The van der Waals surface area contributed by atoms with Crippen LogP contribution >= 0.6 is 0 Å². The molecule has 0 N–H and O–H groups in total. The van der Waals surface area contributed by atoms with Crippen LogP contribution in [0.3, 0.4) is 0 Å². The Morgan fingerprint density at radius 2 is 2.22 bits per heavy atom. The maximum atomic E-state index is 3.99. The van der Waals surface area contributed by atoms with Crippen molar-refractivity contribution in [3.05, 3.63) is 36.0 Å². The van der Waals surface area contributed by atoms with Crippen LogP contribution in [0.2, 0.25) is 0 Å². The Kier molecular flexibility index (Phi) is 5.06. The molecule has 1 aliphatic carbocycles. The molecule has 1 rings (SSSR count). The molecule has 0 spiro atoms. The fourth-order valence-corrected chi connectivity index (χ4v) is 2.05. The zero-order valence-corrected chi connectivity index (χ0v) is 11.9. The van der Waals surface area contributed by atoms with Crippen LogP contribution in [0.5, 0.6) is 0 Å². The second kappa shape index (κ2) is 6.32. The van der Waals surface area contributed by atoms with E-state index in [9.17, 15) is 0 Å². The van der Waals surface area contributed by atoms with Crippen LogP contribution in [0.15, 0.2) is 36.0 Å². The Morgan fingerprint density at radius 3 is 2.83 bits per heavy atom. The second-order valence-corrected chi connectivity index (χ2v) is 4.94. The van der Waals surface area contributed by atoms with Gasteiger partial charge < -0.3 is 0 Å². The molecule has 2 atom stereocenters. The quantitative estimate of drug-likeness (QED) is 0.635. The van der Waals surface area contributed by atoms with Crippen molar-refractivity contribution in [3.8, 4) is 23.7 Å². The van der Waals surface area contributed by atoms with Gasteiger partial charge in [-0.05, 0) is 25.0 Å². The lowest BCUT2D eigenvalue weighted by molar-refractivity contribution is 0.426. The summed E-state index contributed by atoms with van der Waals surface area (Å²) in [5.74, 6) is 13.0. The summed E-state index contributed by atoms with van der Waals surface area (Å²) in [5.41, 5.74) is 2.11. The average molecular weight is 238 g/mol. The molecule has 0 aromatic rings. The fourth-order valence-electron chi connectivity index (χ4n) is 2.05. The van der Waals surface area contributed by atoms with Crippen LogP contribution in [0.4, 0.5) is 0 Å². The smallest absolute Gasteiger partial charge is 0.0321 e. The third-order valence-electron chi connectivity index (χ3n) is 3.47. The Bertz CT molecular complexity index is 494. The summed E-state index contributed by atoms with van der Waals surface area (Å²) in [6.07, 6.45) is 8.46. The summed E-state index contributed by atoms with van der Waals surface area (Å²) in [6, 6.07) is 0. The topological polar surface area (TPSA) is 0 Å². The normalized spacial score (nSPS) is 22.3. The molecule has 1 unspecified atom stereocenters. The molecule has 0 aliphatic heterocycles. The molecule has 0 saturated carbocycles. The fraction of sp³-hybridized carbons (Fsp3) is 0.444. The van der Waals surface area contributed by atoms with Crippen molar-refractivity contribution < 1.29 is 0 Å².